The first-order chi connectivity index (χ1) is 11.2. The van der Waals surface area contributed by atoms with E-state index in [4.69, 9.17) is 4.52 Å². The van der Waals surface area contributed by atoms with Crippen LogP contribution in [0, 0.1) is 12.8 Å². The lowest BCUT2D eigenvalue weighted by molar-refractivity contribution is -0.137. The molecule has 2 rings (SSSR count). The maximum Gasteiger partial charge on any atom is 0.229 e. The molecule has 1 aliphatic rings. The van der Waals surface area contributed by atoms with Crippen molar-refractivity contribution < 1.29 is 9.32 Å². The molecule has 130 valence electrons. The van der Waals surface area contributed by atoms with E-state index in [-0.39, 0.29) is 5.92 Å². The summed E-state index contributed by atoms with van der Waals surface area (Å²) in [7, 11) is 0. The number of unbranched alkanes of at least 4 members (excludes halogenated alkanes) is 3. The molecular formula is C18H31N3O2. The topological polar surface area (TPSA) is 59.2 Å². The summed E-state index contributed by atoms with van der Waals surface area (Å²) < 4.78 is 5.28. The first-order valence-electron chi connectivity index (χ1n) is 9.24. The van der Waals surface area contributed by atoms with Gasteiger partial charge in [-0.05, 0) is 32.6 Å². The highest BCUT2D eigenvalue weighted by Gasteiger charge is 2.29. The summed E-state index contributed by atoms with van der Waals surface area (Å²) in [6.45, 7) is 7.83. The minimum absolute atomic E-state index is 0.203. The smallest absolute Gasteiger partial charge is 0.229 e. The van der Waals surface area contributed by atoms with Gasteiger partial charge in [0.2, 0.25) is 11.8 Å². The molecule has 0 aromatic carbocycles. The summed E-state index contributed by atoms with van der Waals surface area (Å²) >= 11 is 0. The molecule has 23 heavy (non-hydrogen) atoms. The van der Waals surface area contributed by atoms with Gasteiger partial charge in [-0.15, -0.1) is 0 Å². The molecule has 0 N–H and O–H groups in total. The average Bonchev–Trinajstić information content (AvgIpc) is 3.01. The van der Waals surface area contributed by atoms with Gasteiger partial charge in [-0.2, -0.15) is 4.98 Å². The number of amides is 1. The molecule has 1 aromatic heterocycles. The van der Waals surface area contributed by atoms with Gasteiger partial charge >= 0.3 is 0 Å². The molecule has 1 aliphatic heterocycles. The molecule has 0 unspecified atom stereocenters. The lowest BCUT2D eigenvalue weighted by Crippen LogP contribution is -2.41. The molecule has 0 spiro atoms. The maximum absolute atomic E-state index is 12.7. The van der Waals surface area contributed by atoms with E-state index in [2.05, 4.69) is 24.0 Å². The highest BCUT2D eigenvalue weighted by atomic mass is 16.5. The summed E-state index contributed by atoms with van der Waals surface area (Å²) in [5.41, 5.74) is 0. The predicted octanol–water partition coefficient (Wildman–Crippen LogP) is 4.08. The molecule has 0 bridgehead atoms. The third-order valence-electron chi connectivity index (χ3n) is 4.95. The van der Waals surface area contributed by atoms with Crippen LogP contribution in [0.25, 0.3) is 0 Å². The molecule has 0 radical (unpaired) electrons. The Morgan fingerprint density at radius 3 is 2.57 bits per heavy atom. The van der Waals surface area contributed by atoms with Gasteiger partial charge in [-0.25, -0.2) is 0 Å². The van der Waals surface area contributed by atoms with E-state index in [1.807, 2.05) is 11.8 Å². The molecule has 1 saturated heterocycles. The van der Waals surface area contributed by atoms with Crippen molar-refractivity contribution in [3.63, 3.8) is 0 Å². The highest BCUT2D eigenvalue weighted by Crippen LogP contribution is 2.28. The Morgan fingerprint density at radius 1 is 1.26 bits per heavy atom. The molecule has 1 amide bonds. The molecule has 1 fully saturated rings. The second kappa shape index (κ2) is 9.04. The summed E-state index contributed by atoms with van der Waals surface area (Å²) in [5, 5.41) is 3.87. The van der Waals surface area contributed by atoms with E-state index < -0.39 is 0 Å². The van der Waals surface area contributed by atoms with Crippen LogP contribution in [-0.4, -0.2) is 34.0 Å². The molecule has 1 atom stereocenters. The number of piperidine rings is 1. The number of carbonyl (C=O) groups is 1. The Hall–Kier alpha value is -1.39. The number of rotatable bonds is 8. The zero-order valence-electron chi connectivity index (χ0n) is 14.9. The normalized spacial score (nSPS) is 17.4. The average molecular weight is 321 g/mol. The Labute approximate surface area is 139 Å². The van der Waals surface area contributed by atoms with Crippen molar-refractivity contribution in [1.82, 2.24) is 15.0 Å². The fourth-order valence-electron chi connectivity index (χ4n) is 3.40. The largest absolute Gasteiger partial charge is 0.342 e. The van der Waals surface area contributed by atoms with Crippen LogP contribution in [0.15, 0.2) is 4.52 Å². The number of hydrogen-bond donors (Lipinski definition) is 0. The van der Waals surface area contributed by atoms with Gasteiger partial charge in [0, 0.05) is 24.9 Å². The summed E-state index contributed by atoms with van der Waals surface area (Å²) in [5.74, 6) is 2.29. The molecule has 2 heterocycles. The van der Waals surface area contributed by atoms with E-state index in [1.165, 1.54) is 25.7 Å². The third-order valence-corrected chi connectivity index (χ3v) is 4.95. The summed E-state index contributed by atoms with van der Waals surface area (Å²) in [6.07, 6.45) is 8.80. The second-order valence-electron chi connectivity index (χ2n) is 6.73. The zero-order chi connectivity index (χ0) is 16.7. The van der Waals surface area contributed by atoms with E-state index in [9.17, 15) is 4.79 Å². The van der Waals surface area contributed by atoms with Crippen molar-refractivity contribution in [2.24, 2.45) is 5.92 Å². The lowest BCUT2D eigenvalue weighted by Gasteiger charge is -2.33. The Bertz CT molecular complexity index is 478. The van der Waals surface area contributed by atoms with Gasteiger partial charge in [0.05, 0.1) is 0 Å². The molecule has 5 nitrogen and oxygen atoms in total. The Kier molecular flexibility index (Phi) is 7.06. The van der Waals surface area contributed by atoms with Gasteiger partial charge in [0.1, 0.15) is 0 Å². The van der Waals surface area contributed by atoms with Crippen molar-refractivity contribution in [3.8, 4) is 0 Å². The van der Waals surface area contributed by atoms with Gasteiger partial charge in [-0.3, -0.25) is 4.79 Å². The second-order valence-corrected chi connectivity index (χ2v) is 6.73. The minimum Gasteiger partial charge on any atom is -0.342 e. The first-order valence-corrected chi connectivity index (χ1v) is 9.24. The number of aromatic nitrogens is 2. The van der Waals surface area contributed by atoms with E-state index in [0.717, 1.165) is 44.7 Å². The van der Waals surface area contributed by atoms with Crippen LogP contribution in [-0.2, 0) is 4.79 Å². The number of likely N-dealkylation sites (tertiary alicyclic amines) is 1. The van der Waals surface area contributed by atoms with Crippen LogP contribution in [0.1, 0.15) is 82.8 Å². The number of nitrogens with zero attached hydrogens (tertiary/aromatic N) is 3. The van der Waals surface area contributed by atoms with Crippen LogP contribution < -0.4 is 0 Å². The molecular weight excluding hydrogens is 290 g/mol. The standard InChI is InChI=1S/C18H31N3O2/c1-4-6-7-8-9-15(5-2)18(22)21-12-10-16(11-13-21)17-19-14(3)20-23-17/h15-16H,4-13H2,1-3H3/t15-/m0/s1. The van der Waals surface area contributed by atoms with E-state index >= 15 is 0 Å². The van der Waals surface area contributed by atoms with Gasteiger partial charge in [-0.1, -0.05) is 44.7 Å². The van der Waals surface area contributed by atoms with Crippen molar-refractivity contribution in [2.75, 3.05) is 13.1 Å². The van der Waals surface area contributed by atoms with Crippen molar-refractivity contribution >= 4 is 5.91 Å². The Balaban J connectivity index is 1.79. The van der Waals surface area contributed by atoms with Crippen LogP contribution in [0.5, 0.6) is 0 Å². The summed E-state index contributed by atoms with van der Waals surface area (Å²) in [4.78, 5) is 19.1. The van der Waals surface area contributed by atoms with Gasteiger partial charge in [0.15, 0.2) is 5.82 Å². The number of carbonyl (C=O) groups excluding carboxylic acids is 1. The molecule has 0 aliphatic carbocycles. The predicted molar refractivity (Wildman–Crippen MR) is 90.1 cm³/mol. The van der Waals surface area contributed by atoms with Gasteiger partial charge in [0.25, 0.3) is 0 Å². The zero-order valence-corrected chi connectivity index (χ0v) is 14.9. The Morgan fingerprint density at radius 2 is 2.00 bits per heavy atom. The van der Waals surface area contributed by atoms with Crippen LogP contribution >= 0.6 is 0 Å². The molecule has 1 aromatic rings. The molecule has 0 saturated carbocycles. The highest BCUT2D eigenvalue weighted by molar-refractivity contribution is 5.78. The van der Waals surface area contributed by atoms with Crippen molar-refractivity contribution in [3.05, 3.63) is 11.7 Å². The number of hydrogen-bond acceptors (Lipinski definition) is 4. The van der Waals surface area contributed by atoms with Crippen LogP contribution in [0.4, 0.5) is 0 Å². The van der Waals surface area contributed by atoms with Crippen molar-refractivity contribution in [2.45, 2.75) is 78.1 Å². The lowest BCUT2D eigenvalue weighted by atomic mass is 9.93. The van der Waals surface area contributed by atoms with E-state index in [0.29, 0.717) is 17.6 Å². The SMILES string of the molecule is CCCCCC[C@H](CC)C(=O)N1CCC(c2nc(C)no2)CC1. The fraction of sp³-hybridized carbons (Fsp3) is 0.833. The third kappa shape index (κ3) is 5.05. The van der Waals surface area contributed by atoms with Crippen molar-refractivity contribution in [1.29, 1.82) is 0 Å². The van der Waals surface area contributed by atoms with Crippen LogP contribution in [0.3, 0.4) is 0 Å². The fourth-order valence-corrected chi connectivity index (χ4v) is 3.40. The van der Waals surface area contributed by atoms with E-state index in [1.54, 1.807) is 0 Å². The minimum atomic E-state index is 0.203. The quantitative estimate of drug-likeness (QED) is 0.677. The van der Waals surface area contributed by atoms with Crippen LogP contribution in [0.2, 0.25) is 0 Å². The van der Waals surface area contributed by atoms with Gasteiger partial charge < -0.3 is 9.42 Å². The first kappa shape index (κ1) is 18.0. The summed E-state index contributed by atoms with van der Waals surface area (Å²) in [6, 6.07) is 0. The number of aryl methyl sites for hydroxylation is 1. The molecule has 5 heteroatoms. The maximum atomic E-state index is 12.7. The monoisotopic (exact) mass is 321 g/mol.